The predicted molar refractivity (Wildman–Crippen MR) is 62.4 cm³/mol. The summed E-state index contributed by atoms with van der Waals surface area (Å²) in [5.74, 6) is -0.946. The maximum atomic E-state index is 13.3. The fourth-order valence-corrected chi connectivity index (χ4v) is 1.77. The van der Waals surface area contributed by atoms with Crippen molar-refractivity contribution in [1.29, 1.82) is 0 Å². The lowest BCUT2D eigenvalue weighted by Crippen LogP contribution is -2.25. The average molecular weight is 227 g/mol. The van der Waals surface area contributed by atoms with Crippen molar-refractivity contribution in [2.45, 2.75) is 39.2 Å². The van der Waals surface area contributed by atoms with Crippen LogP contribution in [0.2, 0.25) is 0 Å². The molecular weight excluding hydrogens is 208 g/mol. The Morgan fingerprint density at radius 2 is 2.06 bits per heavy atom. The first-order valence-corrected chi connectivity index (χ1v) is 5.80. The van der Waals surface area contributed by atoms with E-state index in [1.54, 1.807) is 0 Å². The van der Waals surface area contributed by atoms with Crippen molar-refractivity contribution < 1.29 is 8.78 Å². The van der Waals surface area contributed by atoms with Crippen LogP contribution in [0.4, 0.5) is 8.78 Å². The Kier molecular flexibility index (Phi) is 5.39. The Morgan fingerprint density at radius 1 is 1.31 bits per heavy atom. The summed E-state index contributed by atoms with van der Waals surface area (Å²) in [5.41, 5.74) is 0.602. The molecule has 1 aromatic rings. The van der Waals surface area contributed by atoms with Gasteiger partial charge < -0.3 is 5.32 Å². The monoisotopic (exact) mass is 227 g/mol. The van der Waals surface area contributed by atoms with E-state index in [-0.39, 0.29) is 0 Å². The van der Waals surface area contributed by atoms with Crippen molar-refractivity contribution in [3.8, 4) is 0 Å². The normalized spacial score (nSPS) is 12.8. The second kappa shape index (κ2) is 6.59. The summed E-state index contributed by atoms with van der Waals surface area (Å²) in [6, 6.07) is 4.24. The van der Waals surface area contributed by atoms with E-state index in [1.165, 1.54) is 12.1 Å². The quantitative estimate of drug-likeness (QED) is 0.786. The lowest BCUT2D eigenvalue weighted by Gasteiger charge is -2.11. The lowest BCUT2D eigenvalue weighted by molar-refractivity contribution is 0.506. The van der Waals surface area contributed by atoms with Crippen LogP contribution < -0.4 is 5.32 Å². The third kappa shape index (κ3) is 4.27. The predicted octanol–water partition coefficient (Wildman–Crippen LogP) is 3.29. The maximum absolute atomic E-state index is 13.3. The molecule has 1 rings (SSSR count). The zero-order chi connectivity index (χ0) is 12.0. The second-order valence-corrected chi connectivity index (χ2v) is 4.09. The Balaban J connectivity index is 2.37. The second-order valence-electron chi connectivity index (χ2n) is 4.09. The summed E-state index contributed by atoms with van der Waals surface area (Å²) in [6.45, 7) is 5.13. The fourth-order valence-electron chi connectivity index (χ4n) is 1.77. The average Bonchev–Trinajstić information content (AvgIpc) is 2.22. The van der Waals surface area contributed by atoms with E-state index < -0.39 is 11.6 Å². The molecule has 0 spiro atoms. The topological polar surface area (TPSA) is 12.0 Å². The minimum Gasteiger partial charge on any atom is -0.315 e. The van der Waals surface area contributed by atoms with Gasteiger partial charge in [0.2, 0.25) is 0 Å². The molecular formula is C13H19F2N. The third-order valence-electron chi connectivity index (χ3n) is 2.65. The standard InChI is InChI=1S/C13H19F2N/c1-3-16-10(2)5-4-6-11-7-8-12(14)9-13(11)15/h7-10,16H,3-6H2,1-2H3. The molecule has 1 nitrogen and oxygen atoms in total. The minimum atomic E-state index is -0.512. The van der Waals surface area contributed by atoms with Gasteiger partial charge in [0.15, 0.2) is 0 Å². The highest BCUT2D eigenvalue weighted by molar-refractivity contribution is 5.18. The van der Waals surface area contributed by atoms with E-state index in [0.29, 0.717) is 18.0 Å². The molecule has 0 saturated carbocycles. The van der Waals surface area contributed by atoms with Crippen molar-refractivity contribution in [3.63, 3.8) is 0 Å². The first-order valence-electron chi connectivity index (χ1n) is 5.80. The molecule has 0 aliphatic carbocycles. The number of hydrogen-bond acceptors (Lipinski definition) is 1. The van der Waals surface area contributed by atoms with E-state index in [2.05, 4.69) is 19.2 Å². The zero-order valence-electron chi connectivity index (χ0n) is 9.89. The smallest absolute Gasteiger partial charge is 0.129 e. The summed E-state index contributed by atoms with van der Waals surface area (Å²) in [5, 5.41) is 3.30. The van der Waals surface area contributed by atoms with Gasteiger partial charge in [0.05, 0.1) is 0 Å². The molecule has 0 aliphatic rings. The van der Waals surface area contributed by atoms with Gasteiger partial charge >= 0.3 is 0 Å². The number of halogens is 2. The summed E-state index contributed by atoms with van der Waals surface area (Å²) >= 11 is 0. The first-order chi connectivity index (χ1) is 7.63. The van der Waals surface area contributed by atoms with Crippen LogP contribution in [0.3, 0.4) is 0 Å². The van der Waals surface area contributed by atoms with Crippen molar-refractivity contribution in [1.82, 2.24) is 5.32 Å². The lowest BCUT2D eigenvalue weighted by atomic mass is 10.0. The van der Waals surface area contributed by atoms with Crippen LogP contribution in [0.15, 0.2) is 18.2 Å². The van der Waals surface area contributed by atoms with Gasteiger partial charge in [-0.2, -0.15) is 0 Å². The molecule has 0 radical (unpaired) electrons. The number of rotatable bonds is 6. The van der Waals surface area contributed by atoms with Gasteiger partial charge in [0, 0.05) is 12.1 Å². The zero-order valence-corrected chi connectivity index (χ0v) is 9.89. The van der Waals surface area contributed by atoms with Gasteiger partial charge in [0.1, 0.15) is 11.6 Å². The SMILES string of the molecule is CCNC(C)CCCc1ccc(F)cc1F. The molecule has 0 heterocycles. The van der Waals surface area contributed by atoms with Crippen molar-refractivity contribution in [2.75, 3.05) is 6.54 Å². The largest absolute Gasteiger partial charge is 0.315 e. The summed E-state index contributed by atoms with van der Waals surface area (Å²) in [4.78, 5) is 0. The molecule has 0 saturated heterocycles. The molecule has 1 N–H and O–H groups in total. The van der Waals surface area contributed by atoms with E-state index in [9.17, 15) is 8.78 Å². The van der Waals surface area contributed by atoms with Crippen molar-refractivity contribution in [3.05, 3.63) is 35.4 Å². The van der Waals surface area contributed by atoms with Crippen molar-refractivity contribution >= 4 is 0 Å². The van der Waals surface area contributed by atoms with E-state index in [0.717, 1.165) is 25.5 Å². The van der Waals surface area contributed by atoms with Gasteiger partial charge in [-0.15, -0.1) is 0 Å². The number of benzene rings is 1. The van der Waals surface area contributed by atoms with Crippen molar-refractivity contribution in [2.24, 2.45) is 0 Å². The van der Waals surface area contributed by atoms with Crippen LogP contribution in [0, 0.1) is 11.6 Å². The molecule has 3 heteroatoms. The van der Waals surface area contributed by atoms with Gasteiger partial charge in [-0.05, 0) is 44.4 Å². The fraction of sp³-hybridized carbons (Fsp3) is 0.538. The first kappa shape index (κ1) is 13.1. The number of nitrogens with one attached hydrogen (secondary N) is 1. The Labute approximate surface area is 95.9 Å². The molecule has 16 heavy (non-hydrogen) atoms. The molecule has 1 unspecified atom stereocenters. The summed E-state index contributed by atoms with van der Waals surface area (Å²) in [6.07, 6.45) is 2.59. The molecule has 0 fully saturated rings. The van der Waals surface area contributed by atoms with Crippen LogP contribution in [-0.2, 0) is 6.42 Å². The maximum Gasteiger partial charge on any atom is 0.129 e. The molecule has 1 atom stereocenters. The van der Waals surface area contributed by atoms with Crippen LogP contribution in [-0.4, -0.2) is 12.6 Å². The van der Waals surface area contributed by atoms with Crippen LogP contribution in [0.5, 0.6) is 0 Å². The van der Waals surface area contributed by atoms with E-state index in [4.69, 9.17) is 0 Å². The van der Waals surface area contributed by atoms with Gasteiger partial charge in [0.25, 0.3) is 0 Å². The highest BCUT2D eigenvalue weighted by atomic mass is 19.1. The number of aryl methyl sites for hydroxylation is 1. The number of hydrogen-bond donors (Lipinski definition) is 1. The Bertz CT molecular complexity index is 326. The van der Waals surface area contributed by atoms with Gasteiger partial charge in [-0.3, -0.25) is 0 Å². The van der Waals surface area contributed by atoms with Crippen LogP contribution in [0.1, 0.15) is 32.3 Å². The molecule has 0 aliphatic heterocycles. The molecule has 90 valence electrons. The highest BCUT2D eigenvalue weighted by Crippen LogP contribution is 2.13. The molecule has 0 amide bonds. The Morgan fingerprint density at radius 3 is 2.69 bits per heavy atom. The summed E-state index contributed by atoms with van der Waals surface area (Å²) < 4.78 is 25.9. The molecule has 1 aromatic carbocycles. The summed E-state index contributed by atoms with van der Waals surface area (Å²) in [7, 11) is 0. The third-order valence-corrected chi connectivity index (χ3v) is 2.65. The highest BCUT2D eigenvalue weighted by Gasteiger charge is 2.05. The molecule has 0 aromatic heterocycles. The van der Waals surface area contributed by atoms with E-state index in [1.807, 2.05) is 0 Å². The van der Waals surface area contributed by atoms with Crippen LogP contribution >= 0.6 is 0 Å². The molecule has 0 bridgehead atoms. The van der Waals surface area contributed by atoms with Gasteiger partial charge in [-0.1, -0.05) is 13.0 Å². The minimum absolute atomic E-state index is 0.434. The van der Waals surface area contributed by atoms with Gasteiger partial charge in [-0.25, -0.2) is 8.78 Å². The van der Waals surface area contributed by atoms with Crippen LogP contribution in [0.25, 0.3) is 0 Å². The Hall–Kier alpha value is -0.960. The van der Waals surface area contributed by atoms with E-state index >= 15 is 0 Å².